The Morgan fingerprint density at radius 1 is 1.33 bits per heavy atom. The van der Waals surface area contributed by atoms with Gasteiger partial charge in [-0.25, -0.2) is 0 Å². The molecule has 0 bridgehead atoms. The zero-order valence-electron chi connectivity index (χ0n) is 7.39. The first-order valence-electron chi connectivity index (χ1n) is 4.16. The number of nitrogens with zero attached hydrogens (tertiary/aromatic N) is 1. The van der Waals surface area contributed by atoms with Crippen molar-refractivity contribution in [3.63, 3.8) is 0 Å². The highest BCUT2D eigenvalue weighted by atomic mass is 15.1. The summed E-state index contributed by atoms with van der Waals surface area (Å²) in [6, 6.07) is 0. The molecule has 0 unspecified atom stereocenters. The van der Waals surface area contributed by atoms with Gasteiger partial charge in [-0.1, -0.05) is 17.7 Å². The van der Waals surface area contributed by atoms with Crippen LogP contribution in [0.1, 0.15) is 19.0 Å². The van der Waals surface area contributed by atoms with Crippen LogP contribution in [0.15, 0.2) is 11.6 Å². The summed E-state index contributed by atoms with van der Waals surface area (Å²) >= 11 is 0. The standard InChI is InChI=1S/C10H12N2/c1-7-3-5-9-8(2)11-12-10(9)6-4-7/h4-6,12H,3H2,1-2H3. The fourth-order valence-electron chi connectivity index (χ4n) is 1.40. The number of nitrogens with one attached hydrogen (secondary N) is 1. The molecular formula is C10H12N2. The zero-order chi connectivity index (χ0) is 8.55. The van der Waals surface area contributed by atoms with E-state index < -0.39 is 0 Å². The number of H-pyrrole nitrogens is 1. The van der Waals surface area contributed by atoms with E-state index in [0.29, 0.717) is 0 Å². The molecule has 0 amide bonds. The van der Waals surface area contributed by atoms with E-state index in [0.717, 1.165) is 17.5 Å². The van der Waals surface area contributed by atoms with Crippen molar-refractivity contribution in [3.05, 3.63) is 27.9 Å². The quantitative estimate of drug-likeness (QED) is 0.592. The molecule has 0 aromatic carbocycles. The summed E-state index contributed by atoms with van der Waals surface area (Å²) in [6.45, 7) is 4.17. The molecule has 1 aliphatic carbocycles. The minimum Gasteiger partial charge on any atom is -0.278 e. The Kier molecular flexibility index (Phi) is 1.61. The number of aryl methyl sites for hydroxylation is 1. The summed E-state index contributed by atoms with van der Waals surface area (Å²) in [5.74, 6) is 0. The number of aromatic nitrogens is 2. The Morgan fingerprint density at radius 3 is 3.00 bits per heavy atom. The van der Waals surface area contributed by atoms with E-state index in [-0.39, 0.29) is 0 Å². The largest absolute Gasteiger partial charge is 0.278 e. The lowest BCUT2D eigenvalue weighted by Crippen LogP contribution is -2.22. The molecule has 1 N–H and O–H groups in total. The average Bonchev–Trinajstić information content (AvgIpc) is 2.28. The van der Waals surface area contributed by atoms with Crippen LogP contribution in [0.3, 0.4) is 0 Å². The topological polar surface area (TPSA) is 28.7 Å². The number of allylic oxidation sites excluding steroid dienone is 2. The van der Waals surface area contributed by atoms with E-state index in [4.69, 9.17) is 0 Å². The molecule has 0 radical (unpaired) electrons. The van der Waals surface area contributed by atoms with Crippen LogP contribution in [0.2, 0.25) is 0 Å². The Labute approximate surface area is 71.3 Å². The molecule has 62 valence electrons. The van der Waals surface area contributed by atoms with Crippen molar-refractivity contribution in [2.24, 2.45) is 0 Å². The van der Waals surface area contributed by atoms with Gasteiger partial charge in [0, 0.05) is 5.22 Å². The molecule has 1 aromatic rings. The maximum atomic E-state index is 4.15. The van der Waals surface area contributed by atoms with Crippen LogP contribution in [0.5, 0.6) is 0 Å². The summed E-state index contributed by atoms with van der Waals surface area (Å²) in [5, 5.41) is 9.54. The van der Waals surface area contributed by atoms with Gasteiger partial charge in [0.2, 0.25) is 0 Å². The lowest BCUT2D eigenvalue weighted by atomic mass is 10.2. The van der Waals surface area contributed by atoms with Crippen LogP contribution in [0.25, 0.3) is 12.2 Å². The van der Waals surface area contributed by atoms with Gasteiger partial charge in [0.1, 0.15) is 0 Å². The van der Waals surface area contributed by atoms with E-state index >= 15 is 0 Å². The van der Waals surface area contributed by atoms with Gasteiger partial charge in [0.15, 0.2) is 0 Å². The highest BCUT2D eigenvalue weighted by molar-refractivity contribution is 5.45. The minimum atomic E-state index is 1.03. The van der Waals surface area contributed by atoms with Crippen LogP contribution in [-0.2, 0) is 0 Å². The molecule has 0 spiro atoms. The first kappa shape index (κ1) is 7.35. The molecule has 0 fully saturated rings. The second-order valence-corrected chi connectivity index (χ2v) is 3.22. The summed E-state index contributed by atoms with van der Waals surface area (Å²) in [5.41, 5.74) is 2.48. The Balaban J connectivity index is 2.74. The lowest BCUT2D eigenvalue weighted by molar-refractivity contribution is 1.03. The molecule has 2 heteroatoms. The van der Waals surface area contributed by atoms with Gasteiger partial charge in [-0.05, 0) is 26.3 Å². The van der Waals surface area contributed by atoms with Gasteiger partial charge in [0.25, 0.3) is 0 Å². The Bertz CT molecular complexity index is 435. The predicted octanol–water partition coefficient (Wildman–Crippen LogP) is 0.629. The molecule has 12 heavy (non-hydrogen) atoms. The number of rotatable bonds is 0. The summed E-state index contributed by atoms with van der Waals surface area (Å²) < 4.78 is 0. The van der Waals surface area contributed by atoms with Gasteiger partial charge in [0.05, 0.1) is 11.0 Å². The maximum Gasteiger partial charge on any atom is 0.0666 e. The van der Waals surface area contributed by atoms with Crippen molar-refractivity contribution in [2.75, 3.05) is 0 Å². The van der Waals surface area contributed by atoms with Gasteiger partial charge < -0.3 is 0 Å². The second-order valence-electron chi connectivity index (χ2n) is 3.22. The first-order chi connectivity index (χ1) is 5.77. The van der Waals surface area contributed by atoms with E-state index in [2.05, 4.69) is 35.3 Å². The third-order valence-electron chi connectivity index (χ3n) is 2.19. The smallest absolute Gasteiger partial charge is 0.0666 e. The molecule has 1 aliphatic rings. The van der Waals surface area contributed by atoms with Gasteiger partial charge in [-0.15, -0.1) is 0 Å². The fourth-order valence-corrected chi connectivity index (χ4v) is 1.40. The number of hydrogen-bond acceptors (Lipinski definition) is 1. The molecule has 0 atom stereocenters. The third kappa shape index (κ3) is 1.09. The van der Waals surface area contributed by atoms with E-state index in [9.17, 15) is 0 Å². The van der Waals surface area contributed by atoms with Crippen LogP contribution in [0.4, 0.5) is 0 Å². The molecule has 2 nitrogen and oxygen atoms in total. The second kappa shape index (κ2) is 2.63. The zero-order valence-corrected chi connectivity index (χ0v) is 7.39. The van der Waals surface area contributed by atoms with Gasteiger partial charge in [-0.2, -0.15) is 5.10 Å². The van der Waals surface area contributed by atoms with E-state index in [1.54, 1.807) is 0 Å². The van der Waals surface area contributed by atoms with Crippen LogP contribution in [0, 0.1) is 6.92 Å². The van der Waals surface area contributed by atoms with Crippen molar-refractivity contribution in [1.29, 1.82) is 0 Å². The summed E-state index contributed by atoms with van der Waals surface area (Å²) in [4.78, 5) is 0. The lowest BCUT2D eigenvalue weighted by Gasteiger charge is -1.88. The molecule has 2 rings (SSSR count). The highest BCUT2D eigenvalue weighted by Gasteiger charge is 1.97. The van der Waals surface area contributed by atoms with Crippen LogP contribution in [-0.4, -0.2) is 10.2 Å². The normalized spacial score (nSPS) is 15.3. The summed E-state index contributed by atoms with van der Waals surface area (Å²) in [6.07, 6.45) is 7.49. The molecule has 0 aliphatic heterocycles. The van der Waals surface area contributed by atoms with Crippen molar-refractivity contribution < 1.29 is 0 Å². The van der Waals surface area contributed by atoms with Crippen LogP contribution >= 0.6 is 0 Å². The minimum absolute atomic E-state index is 1.03. The fraction of sp³-hybridized carbons (Fsp3) is 0.300. The van der Waals surface area contributed by atoms with Gasteiger partial charge in [-0.3, -0.25) is 5.10 Å². The number of fused-ring (bicyclic) bond motifs is 1. The molecular weight excluding hydrogens is 148 g/mol. The van der Waals surface area contributed by atoms with Crippen molar-refractivity contribution in [1.82, 2.24) is 10.2 Å². The third-order valence-corrected chi connectivity index (χ3v) is 2.19. The Hall–Kier alpha value is -1.31. The van der Waals surface area contributed by atoms with E-state index in [1.807, 2.05) is 6.92 Å². The van der Waals surface area contributed by atoms with Crippen LogP contribution < -0.4 is 10.6 Å². The molecule has 1 aromatic heterocycles. The number of aromatic amines is 1. The molecule has 1 heterocycles. The van der Waals surface area contributed by atoms with Gasteiger partial charge >= 0.3 is 0 Å². The van der Waals surface area contributed by atoms with Crippen molar-refractivity contribution >= 4 is 12.2 Å². The first-order valence-corrected chi connectivity index (χ1v) is 4.16. The predicted molar refractivity (Wildman–Crippen MR) is 49.9 cm³/mol. The maximum absolute atomic E-state index is 4.15. The molecule has 0 saturated heterocycles. The monoisotopic (exact) mass is 160 g/mol. The highest BCUT2D eigenvalue weighted by Crippen LogP contribution is 2.01. The Morgan fingerprint density at radius 2 is 2.17 bits per heavy atom. The summed E-state index contributed by atoms with van der Waals surface area (Å²) in [7, 11) is 0. The number of hydrogen-bond donors (Lipinski definition) is 1. The van der Waals surface area contributed by atoms with Crippen molar-refractivity contribution in [2.45, 2.75) is 20.3 Å². The average molecular weight is 160 g/mol. The SMILES string of the molecule is CC1=CC=c2[nH]nc(C)c2=CC1. The molecule has 0 saturated carbocycles. The van der Waals surface area contributed by atoms with Crippen molar-refractivity contribution in [3.8, 4) is 0 Å². The van der Waals surface area contributed by atoms with E-state index in [1.165, 1.54) is 10.8 Å².